The quantitative estimate of drug-likeness (QED) is 0.436. The molecule has 0 amide bonds. The minimum atomic E-state index is 0.382. The van der Waals surface area contributed by atoms with E-state index in [0.29, 0.717) is 10.8 Å². The van der Waals surface area contributed by atoms with Crippen molar-refractivity contribution in [3.05, 3.63) is 0 Å². The third kappa shape index (κ3) is 3.38. The number of rotatable bonds is 8. The van der Waals surface area contributed by atoms with E-state index in [9.17, 15) is 0 Å². The van der Waals surface area contributed by atoms with Crippen molar-refractivity contribution in [2.45, 2.75) is 94.9 Å². The molecule has 0 heterocycles. The lowest BCUT2D eigenvalue weighted by molar-refractivity contribution is 0.00917. The second kappa shape index (κ2) is 6.06. The Labute approximate surface area is 147 Å². The maximum Gasteiger partial charge on any atom is -0.0258 e. The van der Waals surface area contributed by atoms with Gasteiger partial charge in [0.05, 0.1) is 0 Å². The first-order valence-electron chi connectivity index (χ1n) is 10.4. The Balaban J connectivity index is 2.09. The predicted octanol–water partition coefficient (Wildman–Crippen LogP) is 7.43. The molecule has 136 valence electrons. The Morgan fingerprint density at radius 2 is 1.52 bits per heavy atom. The summed E-state index contributed by atoms with van der Waals surface area (Å²) in [6, 6.07) is 0. The summed E-state index contributed by atoms with van der Waals surface area (Å²) in [4.78, 5) is 0. The summed E-state index contributed by atoms with van der Waals surface area (Å²) >= 11 is 0. The third-order valence-electron chi connectivity index (χ3n) is 8.95. The van der Waals surface area contributed by atoms with E-state index in [4.69, 9.17) is 0 Å². The molecular formula is C23H44. The van der Waals surface area contributed by atoms with Gasteiger partial charge in [0, 0.05) is 0 Å². The van der Waals surface area contributed by atoms with Crippen molar-refractivity contribution >= 4 is 0 Å². The summed E-state index contributed by atoms with van der Waals surface area (Å²) in [5, 5.41) is 0. The molecule has 2 aliphatic rings. The molecule has 0 aromatic rings. The first-order chi connectivity index (χ1) is 10.4. The average Bonchev–Trinajstić information content (AvgIpc) is 3.23. The molecule has 0 aromatic carbocycles. The fourth-order valence-corrected chi connectivity index (χ4v) is 5.38. The van der Waals surface area contributed by atoms with Crippen molar-refractivity contribution < 1.29 is 0 Å². The molecular weight excluding hydrogens is 276 g/mol. The average molecular weight is 321 g/mol. The molecule has 2 saturated carbocycles. The molecule has 0 saturated heterocycles. The van der Waals surface area contributed by atoms with Gasteiger partial charge >= 0.3 is 0 Å². The fourth-order valence-electron chi connectivity index (χ4n) is 5.38. The summed E-state index contributed by atoms with van der Waals surface area (Å²) in [5.74, 6) is 5.66. The molecule has 2 fully saturated rings. The van der Waals surface area contributed by atoms with Crippen LogP contribution in [0.15, 0.2) is 0 Å². The number of hydrogen-bond donors (Lipinski definition) is 0. The summed E-state index contributed by atoms with van der Waals surface area (Å²) in [6.45, 7) is 24.7. The van der Waals surface area contributed by atoms with Crippen LogP contribution in [0.4, 0.5) is 0 Å². The van der Waals surface area contributed by atoms with Gasteiger partial charge in [-0.2, -0.15) is 0 Å². The van der Waals surface area contributed by atoms with E-state index in [1.165, 1.54) is 25.7 Å². The minimum absolute atomic E-state index is 0.382. The van der Waals surface area contributed by atoms with Crippen molar-refractivity contribution in [3.63, 3.8) is 0 Å². The van der Waals surface area contributed by atoms with Crippen molar-refractivity contribution in [1.82, 2.24) is 0 Å². The molecule has 0 N–H and O–H groups in total. The normalized spacial score (nSPS) is 34.0. The van der Waals surface area contributed by atoms with Gasteiger partial charge in [-0.1, -0.05) is 75.7 Å². The first-order valence-corrected chi connectivity index (χ1v) is 10.4. The Morgan fingerprint density at radius 1 is 1.00 bits per heavy atom. The maximum atomic E-state index is 2.58. The highest BCUT2D eigenvalue weighted by Gasteiger charge is 2.77. The van der Waals surface area contributed by atoms with E-state index in [0.717, 1.165) is 40.9 Å². The molecule has 2 rings (SSSR count). The lowest BCUT2D eigenvalue weighted by atomic mass is 9.57. The molecule has 6 unspecified atom stereocenters. The van der Waals surface area contributed by atoms with E-state index in [-0.39, 0.29) is 0 Å². The lowest BCUT2D eigenvalue weighted by Gasteiger charge is -2.48. The molecule has 23 heavy (non-hydrogen) atoms. The van der Waals surface area contributed by atoms with E-state index < -0.39 is 0 Å². The Kier molecular flexibility index (Phi) is 5.10. The van der Waals surface area contributed by atoms with Crippen LogP contribution in [0.2, 0.25) is 0 Å². The highest BCUT2D eigenvalue weighted by Crippen LogP contribution is 2.83. The van der Waals surface area contributed by atoms with Crippen LogP contribution in [0.1, 0.15) is 94.9 Å². The molecule has 0 bridgehead atoms. The van der Waals surface area contributed by atoms with Gasteiger partial charge in [0.2, 0.25) is 0 Å². The summed E-state index contributed by atoms with van der Waals surface area (Å²) in [5.41, 5.74) is 1.54. The van der Waals surface area contributed by atoms with Crippen molar-refractivity contribution in [2.75, 3.05) is 0 Å². The smallest absolute Gasteiger partial charge is 0.0258 e. The van der Waals surface area contributed by atoms with E-state index in [2.05, 4.69) is 69.2 Å². The molecule has 2 aliphatic carbocycles. The predicted molar refractivity (Wildman–Crippen MR) is 103 cm³/mol. The van der Waals surface area contributed by atoms with Gasteiger partial charge in [0.25, 0.3) is 0 Å². The molecule has 0 radical (unpaired) electrons. The van der Waals surface area contributed by atoms with Crippen LogP contribution in [0.25, 0.3) is 0 Å². The van der Waals surface area contributed by atoms with Crippen molar-refractivity contribution in [2.24, 2.45) is 51.8 Å². The zero-order valence-corrected chi connectivity index (χ0v) is 17.8. The summed E-state index contributed by atoms with van der Waals surface area (Å²) in [7, 11) is 0. The summed E-state index contributed by atoms with van der Waals surface area (Å²) in [6.07, 6.45) is 5.79. The molecule has 0 heteroatoms. The highest BCUT2D eigenvalue weighted by molar-refractivity contribution is 5.25. The van der Waals surface area contributed by atoms with E-state index in [1.54, 1.807) is 0 Å². The van der Waals surface area contributed by atoms with Crippen LogP contribution < -0.4 is 0 Å². The Bertz CT molecular complexity index is 410. The Hall–Kier alpha value is 0. The zero-order chi connectivity index (χ0) is 17.8. The van der Waals surface area contributed by atoms with Crippen LogP contribution in [-0.2, 0) is 0 Å². The van der Waals surface area contributed by atoms with Crippen LogP contribution >= 0.6 is 0 Å². The molecule has 6 atom stereocenters. The van der Waals surface area contributed by atoms with E-state index >= 15 is 0 Å². The van der Waals surface area contributed by atoms with Crippen LogP contribution in [0.3, 0.4) is 0 Å². The zero-order valence-electron chi connectivity index (χ0n) is 17.8. The monoisotopic (exact) mass is 320 g/mol. The van der Waals surface area contributed by atoms with Crippen molar-refractivity contribution in [1.29, 1.82) is 0 Å². The van der Waals surface area contributed by atoms with Crippen LogP contribution in [0, 0.1) is 51.8 Å². The SMILES string of the molecule is CCC(CCC(C1C2CC21C)C(C)C(C)(C)C(C)(C)C)C(C)C. The Morgan fingerprint density at radius 3 is 1.83 bits per heavy atom. The van der Waals surface area contributed by atoms with Gasteiger partial charge in [0.1, 0.15) is 0 Å². The van der Waals surface area contributed by atoms with Crippen LogP contribution in [0.5, 0.6) is 0 Å². The molecule has 0 aliphatic heterocycles. The number of hydrogen-bond acceptors (Lipinski definition) is 0. The largest absolute Gasteiger partial charge is 0.0651 e. The maximum absolute atomic E-state index is 2.58. The van der Waals surface area contributed by atoms with Crippen LogP contribution in [-0.4, -0.2) is 0 Å². The van der Waals surface area contributed by atoms with Gasteiger partial charge in [-0.25, -0.2) is 0 Å². The van der Waals surface area contributed by atoms with E-state index in [1.807, 2.05) is 0 Å². The molecule has 0 aromatic heterocycles. The second-order valence-corrected chi connectivity index (χ2v) is 11.3. The van der Waals surface area contributed by atoms with Gasteiger partial charge in [-0.3, -0.25) is 0 Å². The first kappa shape index (κ1) is 19.3. The van der Waals surface area contributed by atoms with Gasteiger partial charge in [-0.05, 0) is 71.0 Å². The van der Waals surface area contributed by atoms with Gasteiger partial charge in [0.15, 0.2) is 0 Å². The fraction of sp³-hybridized carbons (Fsp3) is 1.00. The van der Waals surface area contributed by atoms with Gasteiger partial charge < -0.3 is 0 Å². The van der Waals surface area contributed by atoms with Crippen molar-refractivity contribution in [3.8, 4) is 0 Å². The molecule has 0 nitrogen and oxygen atoms in total. The lowest BCUT2D eigenvalue weighted by Crippen LogP contribution is -2.41. The number of fused-ring (bicyclic) bond motifs is 1. The summed E-state index contributed by atoms with van der Waals surface area (Å²) < 4.78 is 0. The second-order valence-electron chi connectivity index (χ2n) is 11.3. The standard InChI is InChI=1S/C23H44/c1-11-17(15(2)3)12-13-18(20-19-14-23(19,20)10)16(4)22(8,9)21(5,6)7/h15-20H,11-14H2,1-10H3. The van der Waals surface area contributed by atoms with Gasteiger partial charge in [-0.15, -0.1) is 0 Å². The minimum Gasteiger partial charge on any atom is -0.0651 e. The third-order valence-corrected chi connectivity index (χ3v) is 8.95. The highest BCUT2D eigenvalue weighted by atomic mass is 14.8. The topological polar surface area (TPSA) is 0 Å². The molecule has 0 spiro atoms.